The summed E-state index contributed by atoms with van der Waals surface area (Å²) in [5, 5.41) is 0. The predicted molar refractivity (Wildman–Crippen MR) is 83.6 cm³/mol. The SMILES string of the molecule is C/C=C/C(=O)N1CCC(CCc2ccc(C)cc2)CC1. The number of nitrogens with zero attached hydrogens (tertiary/aromatic N) is 1. The number of allylic oxidation sites excluding steroid dienone is 1. The van der Waals surface area contributed by atoms with Gasteiger partial charge in [0.25, 0.3) is 0 Å². The second-order valence-corrected chi connectivity index (χ2v) is 5.79. The largest absolute Gasteiger partial charge is 0.339 e. The Kier molecular flexibility index (Phi) is 5.40. The van der Waals surface area contributed by atoms with Crippen molar-refractivity contribution in [2.24, 2.45) is 5.92 Å². The Morgan fingerprint density at radius 3 is 2.50 bits per heavy atom. The summed E-state index contributed by atoms with van der Waals surface area (Å²) in [6.07, 6.45) is 8.20. The molecule has 1 aromatic rings. The molecule has 108 valence electrons. The van der Waals surface area contributed by atoms with Crippen molar-refractivity contribution in [3.05, 3.63) is 47.5 Å². The number of hydrogen-bond donors (Lipinski definition) is 0. The van der Waals surface area contributed by atoms with Gasteiger partial charge in [-0.3, -0.25) is 4.79 Å². The Morgan fingerprint density at radius 1 is 1.25 bits per heavy atom. The van der Waals surface area contributed by atoms with Crippen molar-refractivity contribution in [2.45, 2.75) is 39.5 Å². The topological polar surface area (TPSA) is 20.3 Å². The van der Waals surface area contributed by atoms with Crippen LogP contribution in [0.1, 0.15) is 37.3 Å². The standard InChI is InChI=1S/C18H25NO/c1-3-4-18(20)19-13-11-17(12-14-19)10-9-16-7-5-15(2)6-8-16/h3-8,17H,9-14H2,1-2H3/b4-3+. The van der Waals surface area contributed by atoms with E-state index in [1.54, 1.807) is 6.08 Å². The van der Waals surface area contributed by atoms with Crippen LogP contribution >= 0.6 is 0 Å². The van der Waals surface area contributed by atoms with Gasteiger partial charge in [-0.1, -0.05) is 35.9 Å². The van der Waals surface area contributed by atoms with Crippen LogP contribution in [0.4, 0.5) is 0 Å². The third-order valence-electron chi connectivity index (χ3n) is 4.20. The third kappa shape index (κ3) is 4.22. The molecule has 1 aliphatic rings. The van der Waals surface area contributed by atoms with E-state index in [1.807, 2.05) is 17.9 Å². The molecule has 0 unspecified atom stereocenters. The van der Waals surface area contributed by atoms with Gasteiger partial charge in [0.15, 0.2) is 0 Å². The Balaban J connectivity index is 1.74. The fourth-order valence-corrected chi connectivity index (χ4v) is 2.82. The summed E-state index contributed by atoms with van der Waals surface area (Å²) < 4.78 is 0. The molecule has 0 spiro atoms. The zero-order chi connectivity index (χ0) is 14.4. The summed E-state index contributed by atoms with van der Waals surface area (Å²) in [6.45, 7) is 5.86. The summed E-state index contributed by atoms with van der Waals surface area (Å²) in [5.41, 5.74) is 2.76. The molecule has 1 heterocycles. The van der Waals surface area contributed by atoms with E-state index >= 15 is 0 Å². The minimum absolute atomic E-state index is 0.171. The maximum absolute atomic E-state index is 11.8. The minimum atomic E-state index is 0.171. The molecule has 0 aromatic heterocycles. The second kappa shape index (κ2) is 7.28. The maximum atomic E-state index is 11.8. The highest BCUT2D eigenvalue weighted by molar-refractivity contribution is 5.87. The summed E-state index contributed by atoms with van der Waals surface area (Å²) in [7, 11) is 0. The van der Waals surface area contributed by atoms with Crippen LogP contribution in [-0.2, 0) is 11.2 Å². The molecule has 0 saturated carbocycles. The van der Waals surface area contributed by atoms with Gasteiger partial charge in [-0.15, -0.1) is 0 Å². The highest BCUT2D eigenvalue weighted by Gasteiger charge is 2.21. The lowest BCUT2D eigenvalue weighted by atomic mass is 9.90. The number of likely N-dealkylation sites (tertiary alicyclic amines) is 1. The van der Waals surface area contributed by atoms with E-state index in [0.29, 0.717) is 0 Å². The van der Waals surface area contributed by atoms with E-state index in [9.17, 15) is 4.79 Å². The molecule has 0 bridgehead atoms. The van der Waals surface area contributed by atoms with E-state index in [1.165, 1.54) is 17.5 Å². The zero-order valence-corrected chi connectivity index (χ0v) is 12.6. The van der Waals surface area contributed by atoms with Gasteiger partial charge in [0, 0.05) is 13.1 Å². The number of piperidine rings is 1. The Bertz CT molecular complexity index is 453. The zero-order valence-electron chi connectivity index (χ0n) is 12.6. The fourth-order valence-electron chi connectivity index (χ4n) is 2.82. The number of rotatable bonds is 4. The molecule has 1 aromatic carbocycles. The van der Waals surface area contributed by atoms with Crippen LogP contribution in [0.3, 0.4) is 0 Å². The highest BCUT2D eigenvalue weighted by Crippen LogP contribution is 2.22. The molecular weight excluding hydrogens is 246 g/mol. The van der Waals surface area contributed by atoms with Crippen LogP contribution < -0.4 is 0 Å². The second-order valence-electron chi connectivity index (χ2n) is 5.79. The molecular formula is C18H25NO. The van der Waals surface area contributed by atoms with Gasteiger partial charge in [-0.05, 0) is 57.1 Å². The van der Waals surface area contributed by atoms with Crippen molar-refractivity contribution in [3.63, 3.8) is 0 Å². The summed E-state index contributed by atoms with van der Waals surface area (Å²) in [5.74, 6) is 0.940. The lowest BCUT2D eigenvalue weighted by molar-refractivity contribution is -0.127. The molecule has 2 rings (SSSR count). The number of benzene rings is 1. The average Bonchev–Trinajstić information content (AvgIpc) is 2.47. The lowest BCUT2D eigenvalue weighted by Crippen LogP contribution is -2.37. The molecule has 1 fully saturated rings. The van der Waals surface area contributed by atoms with E-state index in [0.717, 1.165) is 38.3 Å². The number of carbonyl (C=O) groups excluding carboxylic acids is 1. The van der Waals surface area contributed by atoms with Gasteiger partial charge in [-0.25, -0.2) is 0 Å². The van der Waals surface area contributed by atoms with E-state index in [4.69, 9.17) is 0 Å². The van der Waals surface area contributed by atoms with Crippen LogP contribution in [0.5, 0.6) is 0 Å². The van der Waals surface area contributed by atoms with E-state index < -0.39 is 0 Å². The summed E-state index contributed by atoms with van der Waals surface area (Å²) in [4.78, 5) is 13.7. The van der Waals surface area contributed by atoms with Crippen molar-refractivity contribution in [1.29, 1.82) is 0 Å². The monoisotopic (exact) mass is 271 g/mol. The molecule has 1 aliphatic heterocycles. The van der Waals surface area contributed by atoms with Crippen LogP contribution in [0.2, 0.25) is 0 Å². The first-order valence-electron chi connectivity index (χ1n) is 7.66. The molecule has 1 saturated heterocycles. The van der Waals surface area contributed by atoms with Gasteiger partial charge in [0.1, 0.15) is 0 Å². The van der Waals surface area contributed by atoms with Crippen LogP contribution in [0.15, 0.2) is 36.4 Å². The third-order valence-corrected chi connectivity index (χ3v) is 4.20. The molecule has 1 amide bonds. The molecule has 0 radical (unpaired) electrons. The molecule has 20 heavy (non-hydrogen) atoms. The minimum Gasteiger partial charge on any atom is -0.339 e. The van der Waals surface area contributed by atoms with Crippen molar-refractivity contribution in [1.82, 2.24) is 4.90 Å². The van der Waals surface area contributed by atoms with Crippen LogP contribution in [0.25, 0.3) is 0 Å². The fraction of sp³-hybridized carbons (Fsp3) is 0.500. The Labute approximate surface area is 122 Å². The van der Waals surface area contributed by atoms with Gasteiger partial charge < -0.3 is 4.90 Å². The van der Waals surface area contributed by atoms with Gasteiger partial charge in [0.05, 0.1) is 0 Å². The molecule has 0 atom stereocenters. The first-order chi connectivity index (χ1) is 9.69. The highest BCUT2D eigenvalue weighted by atomic mass is 16.2. The van der Waals surface area contributed by atoms with Crippen LogP contribution in [-0.4, -0.2) is 23.9 Å². The number of aryl methyl sites for hydroxylation is 2. The number of carbonyl (C=O) groups is 1. The van der Waals surface area contributed by atoms with Crippen LogP contribution in [0, 0.1) is 12.8 Å². The summed E-state index contributed by atoms with van der Waals surface area (Å²) in [6, 6.07) is 8.85. The Morgan fingerprint density at radius 2 is 1.90 bits per heavy atom. The Hall–Kier alpha value is -1.57. The van der Waals surface area contributed by atoms with Crippen molar-refractivity contribution in [3.8, 4) is 0 Å². The first-order valence-corrected chi connectivity index (χ1v) is 7.66. The van der Waals surface area contributed by atoms with Gasteiger partial charge in [0.2, 0.25) is 5.91 Å². The quantitative estimate of drug-likeness (QED) is 0.764. The van der Waals surface area contributed by atoms with Crippen molar-refractivity contribution < 1.29 is 4.79 Å². The van der Waals surface area contributed by atoms with Gasteiger partial charge in [-0.2, -0.15) is 0 Å². The van der Waals surface area contributed by atoms with Gasteiger partial charge >= 0.3 is 0 Å². The van der Waals surface area contributed by atoms with E-state index in [2.05, 4.69) is 31.2 Å². The van der Waals surface area contributed by atoms with E-state index in [-0.39, 0.29) is 5.91 Å². The first kappa shape index (κ1) is 14.8. The molecule has 2 nitrogen and oxygen atoms in total. The molecule has 0 N–H and O–H groups in total. The molecule has 2 heteroatoms. The number of amides is 1. The lowest BCUT2D eigenvalue weighted by Gasteiger charge is -2.31. The smallest absolute Gasteiger partial charge is 0.246 e. The summed E-state index contributed by atoms with van der Waals surface area (Å²) >= 11 is 0. The number of hydrogen-bond acceptors (Lipinski definition) is 1. The van der Waals surface area contributed by atoms with Crippen molar-refractivity contribution >= 4 is 5.91 Å². The predicted octanol–water partition coefficient (Wildman–Crippen LogP) is 3.74. The average molecular weight is 271 g/mol. The maximum Gasteiger partial charge on any atom is 0.246 e. The normalized spacial score (nSPS) is 16.8. The molecule has 0 aliphatic carbocycles. The van der Waals surface area contributed by atoms with Crippen molar-refractivity contribution in [2.75, 3.05) is 13.1 Å².